The van der Waals surface area contributed by atoms with Crippen LogP contribution in [-0.4, -0.2) is 22.1 Å². The standard InChI is InChI=1S/C12H15NO3S/c1-3-4-5-10-13-17(14,15)12-8-6-11(16-2)7-9-12/h6-9,13H,5,10H2,1-2H3. The first-order chi connectivity index (χ1) is 8.10. The van der Waals surface area contributed by atoms with Gasteiger partial charge in [-0.2, -0.15) is 0 Å². The Bertz CT molecular complexity index is 509. The van der Waals surface area contributed by atoms with E-state index in [4.69, 9.17) is 4.74 Å². The molecule has 17 heavy (non-hydrogen) atoms. The molecule has 0 spiro atoms. The van der Waals surface area contributed by atoms with E-state index in [-0.39, 0.29) is 4.90 Å². The second-order valence-corrected chi connectivity index (χ2v) is 5.02. The lowest BCUT2D eigenvalue weighted by Gasteiger charge is -2.05. The van der Waals surface area contributed by atoms with Crippen LogP contribution in [0.3, 0.4) is 0 Å². The monoisotopic (exact) mass is 253 g/mol. The normalized spacial score (nSPS) is 10.5. The van der Waals surface area contributed by atoms with Crippen molar-refractivity contribution in [2.75, 3.05) is 13.7 Å². The molecule has 0 radical (unpaired) electrons. The van der Waals surface area contributed by atoms with Crippen molar-refractivity contribution in [3.63, 3.8) is 0 Å². The predicted octanol–water partition coefficient (Wildman–Crippen LogP) is 1.39. The zero-order valence-corrected chi connectivity index (χ0v) is 10.7. The van der Waals surface area contributed by atoms with E-state index in [1.165, 1.54) is 19.2 Å². The fraction of sp³-hybridized carbons (Fsp3) is 0.333. The van der Waals surface area contributed by atoms with Crippen molar-refractivity contribution >= 4 is 10.0 Å². The summed E-state index contributed by atoms with van der Waals surface area (Å²) in [6.45, 7) is 2.03. The van der Waals surface area contributed by atoms with E-state index >= 15 is 0 Å². The molecule has 0 bridgehead atoms. The molecule has 1 N–H and O–H groups in total. The molecule has 0 saturated carbocycles. The fourth-order valence-electron chi connectivity index (χ4n) is 1.21. The van der Waals surface area contributed by atoms with Gasteiger partial charge in [0.15, 0.2) is 0 Å². The highest BCUT2D eigenvalue weighted by atomic mass is 32.2. The van der Waals surface area contributed by atoms with Crippen molar-refractivity contribution in [2.45, 2.75) is 18.2 Å². The van der Waals surface area contributed by atoms with Crippen LogP contribution >= 0.6 is 0 Å². The van der Waals surface area contributed by atoms with Gasteiger partial charge in [0.25, 0.3) is 0 Å². The molecule has 92 valence electrons. The maximum atomic E-state index is 11.8. The van der Waals surface area contributed by atoms with Gasteiger partial charge in [0.1, 0.15) is 5.75 Å². The van der Waals surface area contributed by atoms with E-state index in [1.54, 1.807) is 19.1 Å². The summed E-state index contributed by atoms with van der Waals surface area (Å²) >= 11 is 0. The van der Waals surface area contributed by atoms with Gasteiger partial charge < -0.3 is 4.74 Å². The van der Waals surface area contributed by atoms with E-state index in [0.717, 1.165) is 0 Å². The van der Waals surface area contributed by atoms with Crippen molar-refractivity contribution < 1.29 is 13.2 Å². The maximum Gasteiger partial charge on any atom is 0.240 e. The molecule has 0 aliphatic heterocycles. The summed E-state index contributed by atoms with van der Waals surface area (Å²) in [5.41, 5.74) is 0. The Morgan fingerprint density at radius 2 is 1.94 bits per heavy atom. The van der Waals surface area contributed by atoms with Gasteiger partial charge in [-0.15, -0.1) is 11.8 Å². The highest BCUT2D eigenvalue weighted by Crippen LogP contribution is 2.14. The SMILES string of the molecule is CC#CCCNS(=O)(=O)c1ccc(OC)cc1. The molecule has 0 atom stereocenters. The van der Waals surface area contributed by atoms with Crippen LogP contribution in [0.2, 0.25) is 0 Å². The van der Waals surface area contributed by atoms with Crippen LogP contribution in [0.1, 0.15) is 13.3 Å². The Hall–Kier alpha value is -1.51. The molecular weight excluding hydrogens is 238 g/mol. The van der Waals surface area contributed by atoms with Gasteiger partial charge in [0.2, 0.25) is 10.0 Å². The molecule has 0 amide bonds. The Kier molecular flexibility index (Phi) is 5.01. The molecule has 0 aliphatic rings. The molecule has 5 heteroatoms. The van der Waals surface area contributed by atoms with Crippen molar-refractivity contribution in [3.8, 4) is 17.6 Å². The summed E-state index contributed by atoms with van der Waals surface area (Å²) in [4.78, 5) is 0.225. The van der Waals surface area contributed by atoms with Gasteiger partial charge in [-0.05, 0) is 31.2 Å². The third-order valence-corrected chi connectivity index (χ3v) is 3.57. The molecule has 0 unspecified atom stereocenters. The number of sulfonamides is 1. The number of nitrogens with one attached hydrogen (secondary N) is 1. The highest BCUT2D eigenvalue weighted by Gasteiger charge is 2.12. The second-order valence-electron chi connectivity index (χ2n) is 3.25. The van der Waals surface area contributed by atoms with Gasteiger partial charge in [-0.1, -0.05) is 0 Å². The summed E-state index contributed by atoms with van der Waals surface area (Å²) in [6.07, 6.45) is 0.506. The molecule has 0 heterocycles. The molecule has 0 aromatic heterocycles. The summed E-state index contributed by atoms with van der Waals surface area (Å²) in [5, 5.41) is 0. The van der Waals surface area contributed by atoms with Crippen LogP contribution < -0.4 is 9.46 Å². The van der Waals surface area contributed by atoms with Gasteiger partial charge in [-0.25, -0.2) is 13.1 Å². The number of ether oxygens (including phenoxy) is 1. The molecule has 1 rings (SSSR count). The van der Waals surface area contributed by atoms with Gasteiger partial charge in [0, 0.05) is 13.0 Å². The van der Waals surface area contributed by atoms with E-state index in [1.807, 2.05) is 0 Å². The number of hydrogen-bond donors (Lipinski definition) is 1. The Balaban J connectivity index is 2.70. The molecular formula is C12H15NO3S. The first kappa shape index (κ1) is 13.6. The zero-order chi connectivity index (χ0) is 12.7. The number of methoxy groups -OCH3 is 1. The minimum atomic E-state index is -3.44. The Labute approximate surface area is 102 Å². The predicted molar refractivity (Wildman–Crippen MR) is 66.2 cm³/mol. The van der Waals surface area contributed by atoms with E-state index in [9.17, 15) is 8.42 Å². The van der Waals surface area contributed by atoms with E-state index in [0.29, 0.717) is 18.7 Å². The first-order valence-electron chi connectivity index (χ1n) is 5.13. The van der Waals surface area contributed by atoms with Crippen LogP contribution in [0.15, 0.2) is 29.2 Å². The maximum absolute atomic E-state index is 11.8. The van der Waals surface area contributed by atoms with Crippen LogP contribution in [-0.2, 0) is 10.0 Å². The minimum Gasteiger partial charge on any atom is -0.497 e. The lowest BCUT2D eigenvalue weighted by molar-refractivity contribution is 0.414. The van der Waals surface area contributed by atoms with E-state index in [2.05, 4.69) is 16.6 Å². The van der Waals surface area contributed by atoms with Gasteiger partial charge in [-0.3, -0.25) is 0 Å². The minimum absolute atomic E-state index is 0.225. The van der Waals surface area contributed by atoms with Crippen LogP contribution in [0.4, 0.5) is 0 Å². The van der Waals surface area contributed by atoms with Crippen LogP contribution in [0.25, 0.3) is 0 Å². The van der Waals surface area contributed by atoms with Crippen molar-refractivity contribution in [1.82, 2.24) is 4.72 Å². The molecule has 0 aliphatic carbocycles. The van der Waals surface area contributed by atoms with Crippen molar-refractivity contribution in [3.05, 3.63) is 24.3 Å². The van der Waals surface area contributed by atoms with E-state index < -0.39 is 10.0 Å². The lowest BCUT2D eigenvalue weighted by Crippen LogP contribution is -2.24. The summed E-state index contributed by atoms with van der Waals surface area (Å²) in [5.74, 6) is 6.13. The fourth-order valence-corrected chi connectivity index (χ4v) is 2.24. The van der Waals surface area contributed by atoms with Crippen LogP contribution in [0.5, 0.6) is 5.75 Å². The summed E-state index contributed by atoms with van der Waals surface area (Å²) < 4.78 is 31.0. The molecule has 0 saturated heterocycles. The summed E-state index contributed by atoms with van der Waals surface area (Å²) in [7, 11) is -1.91. The Morgan fingerprint density at radius 1 is 1.29 bits per heavy atom. The quantitative estimate of drug-likeness (QED) is 0.637. The largest absolute Gasteiger partial charge is 0.497 e. The third-order valence-electron chi connectivity index (χ3n) is 2.09. The zero-order valence-electron chi connectivity index (χ0n) is 9.86. The average molecular weight is 253 g/mol. The van der Waals surface area contributed by atoms with Crippen LogP contribution in [0, 0.1) is 11.8 Å². The smallest absolute Gasteiger partial charge is 0.240 e. The molecule has 0 fully saturated rings. The third kappa shape index (κ3) is 4.10. The highest BCUT2D eigenvalue weighted by molar-refractivity contribution is 7.89. The Morgan fingerprint density at radius 3 is 2.47 bits per heavy atom. The van der Waals surface area contributed by atoms with Gasteiger partial charge >= 0.3 is 0 Å². The molecule has 1 aromatic rings. The number of rotatable bonds is 5. The van der Waals surface area contributed by atoms with Crippen molar-refractivity contribution in [1.29, 1.82) is 0 Å². The van der Waals surface area contributed by atoms with Crippen molar-refractivity contribution in [2.24, 2.45) is 0 Å². The first-order valence-corrected chi connectivity index (χ1v) is 6.62. The number of benzene rings is 1. The number of hydrogen-bond acceptors (Lipinski definition) is 3. The average Bonchev–Trinajstić information content (AvgIpc) is 2.35. The van der Waals surface area contributed by atoms with Gasteiger partial charge in [0.05, 0.1) is 12.0 Å². The second kappa shape index (κ2) is 6.28. The summed E-state index contributed by atoms with van der Waals surface area (Å²) in [6, 6.07) is 6.24. The topological polar surface area (TPSA) is 55.4 Å². The molecule has 4 nitrogen and oxygen atoms in total. The molecule has 1 aromatic carbocycles. The lowest BCUT2D eigenvalue weighted by atomic mass is 10.3.